The first kappa shape index (κ1) is 19.7. The van der Waals surface area contributed by atoms with Gasteiger partial charge in [-0.15, -0.1) is 0 Å². The van der Waals surface area contributed by atoms with Gasteiger partial charge in [0.1, 0.15) is 11.8 Å². The number of hydrogen-bond donors (Lipinski definition) is 1. The normalized spacial score (nSPS) is 11.3. The van der Waals surface area contributed by atoms with Crippen LogP contribution >= 0.6 is 0 Å². The molecule has 0 saturated carbocycles. The van der Waals surface area contributed by atoms with Crippen LogP contribution in [0.1, 0.15) is 30.1 Å². The number of methoxy groups -OCH3 is 1. The maximum Gasteiger partial charge on any atom is 0.328 e. The third-order valence-corrected chi connectivity index (χ3v) is 3.16. The van der Waals surface area contributed by atoms with Gasteiger partial charge in [-0.2, -0.15) is 0 Å². The van der Waals surface area contributed by atoms with Crippen LogP contribution in [0.4, 0.5) is 11.4 Å². The first-order valence-electron chi connectivity index (χ1n) is 6.97. The molecule has 1 aromatic carbocycles. The second-order valence-electron chi connectivity index (χ2n) is 5.04. The minimum atomic E-state index is -1.17. The minimum Gasteiger partial charge on any atom is -0.467 e. The number of esters is 1. The number of rotatable bonds is 8. The lowest BCUT2D eigenvalue weighted by Crippen LogP contribution is -2.41. The monoisotopic (exact) mass is 353 g/mol. The number of nitro groups is 2. The van der Waals surface area contributed by atoms with Crippen molar-refractivity contribution in [2.75, 3.05) is 7.11 Å². The van der Waals surface area contributed by atoms with Gasteiger partial charge in [0.25, 0.3) is 17.3 Å². The van der Waals surface area contributed by atoms with E-state index in [0.29, 0.717) is 6.07 Å². The zero-order chi connectivity index (χ0) is 19.1. The summed E-state index contributed by atoms with van der Waals surface area (Å²) in [5.74, 6) is -1.96. The van der Waals surface area contributed by atoms with Crippen LogP contribution < -0.4 is 5.32 Å². The van der Waals surface area contributed by atoms with Gasteiger partial charge in [0, 0.05) is 18.6 Å². The fourth-order valence-corrected chi connectivity index (χ4v) is 1.92. The van der Waals surface area contributed by atoms with Gasteiger partial charge >= 0.3 is 5.97 Å². The van der Waals surface area contributed by atoms with Gasteiger partial charge in [-0.3, -0.25) is 25.0 Å². The van der Waals surface area contributed by atoms with E-state index in [-0.39, 0.29) is 24.2 Å². The molecule has 1 N–H and O–H groups in total. The smallest absolute Gasteiger partial charge is 0.328 e. The molecule has 1 unspecified atom stereocenters. The molecule has 0 saturated heterocycles. The molecule has 0 heterocycles. The number of ether oxygens (including phenoxy) is 1. The summed E-state index contributed by atoms with van der Waals surface area (Å²) in [6.07, 6.45) is -0.0418. The number of nitrogens with one attached hydrogen (secondary N) is 1. The van der Waals surface area contributed by atoms with E-state index < -0.39 is 39.1 Å². The molecule has 134 valence electrons. The maximum atomic E-state index is 12.2. The molecule has 1 aromatic rings. The van der Waals surface area contributed by atoms with Gasteiger partial charge in [0.15, 0.2) is 0 Å². The van der Waals surface area contributed by atoms with Gasteiger partial charge in [-0.05, 0) is 13.3 Å². The quantitative estimate of drug-likeness (QED) is 0.414. The molecule has 1 amide bonds. The number of hydrogen-bond acceptors (Lipinski definition) is 8. The molecule has 0 aliphatic carbocycles. The van der Waals surface area contributed by atoms with E-state index in [9.17, 15) is 34.6 Å². The summed E-state index contributed by atoms with van der Waals surface area (Å²) >= 11 is 0. The third kappa shape index (κ3) is 5.64. The number of nitro benzene ring substituents is 2. The zero-order valence-corrected chi connectivity index (χ0v) is 13.4. The summed E-state index contributed by atoms with van der Waals surface area (Å²) in [5, 5.41) is 23.9. The average Bonchev–Trinajstić information content (AvgIpc) is 2.56. The molecule has 25 heavy (non-hydrogen) atoms. The summed E-state index contributed by atoms with van der Waals surface area (Å²) in [6, 6.07) is 1.24. The second kappa shape index (κ2) is 8.47. The summed E-state index contributed by atoms with van der Waals surface area (Å²) in [4.78, 5) is 54.9. The fourth-order valence-electron chi connectivity index (χ4n) is 1.92. The molecule has 0 aromatic heterocycles. The maximum absolute atomic E-state index is 12.2. The van der Waals surface area contributed by atoms with Gasteiger partial charge < -0.3 is 14.8 Å². The highest BCUT2D eigenvalue weighted by molar-refractivity contribution is 5.98. The minimum absolute atomic E-state index is 0.00483. The van der Waals surface area contributed by atoms with Crippen molar-refractivity contribution in [2.45, 2.75) is 25.8 Å². The molecular formula is C14H15N3O8. The molecule has 11 heteroatoms. The van der Waals surface area contributed by atoms with Crippen molar-refractivity contribution in [3.05, 3.63) is 44.0 Å². The largest absolute Gasteiger partial charge is 0.467 e. The fraction of sp³-hybridized carbons (Fsp3) is 0.357. The average molecular weight is 353 g/mol. The number of amides is 1. The molecule has 0 spiro atoms. The van der Waals surface area contributed by atoms with Crippen molar-refractivity contribution in [1.29, 1.82) is 0 Å². The number of carbonyl (C=O) groups is 3. The summed E-state index contributed by atoms with van der Waals surface area (Å²) in [5.41, 5.74) is -1.65. The topological polar surface area (TPSA) is 159 Å². The van der Waals surface area contributed by atoms with Crippen LogP contribution in [0.15, 0.2) is 18.2 Å². The van der Waals surface area contributed by atoms with E-state index in [1.165, 1.54) is 6.92 Å². The highest BCUT2D eigenvalue weighted by atomic mass is 16.6. The van der Waals surface area contributed by atoms with Crippen molar-refractivity contribution < 1.29 is 29.0 Å². The Morgan fingerprint density at radius 2 is 1.64 bits per heavy atom. The van der Waals surface area contributed by atoms with Crippen molar-refractivity contribution >= 4 is 29.0 Å². The number of nitrogens with zero attached hydrogens (tertiary/aromatic N) is 2. The number of non-ortho nitro benzene ring substituents is 2. The number of Topliss-reactive ketones (excluding diaryl/α,β-unsaturated/α-hetero) is 1. The lowest BCUT2D eigenvalue weighted by Gasteiger charge is -2.15. The van der Waals surface area contributed by atoms with Crippen LogP contribution in [-0.4, -0.2) is 40.7 Å². The lowest BCUT2D eigenvalue weighted by atomic mass is 10.1. The van der Waals surface area contributed by atoms with E-state index in [1.807, 2.05) is 0 Å². The lowest BCUT2D eigenvalue weighted by molar-refractivity contribution is -0.394. The molecule has 1 atom stereocenters. The zero-order valence-electron chi connectivity index (χ0n) is 13.4. The standard InChI is InChI=1S/C14H15N3O8/c1-8(18)3-4-12(14(20)25-2)15-13(19)9-5-10(16(21)22)7-11(6-9)17(23)24/h5-7,12H,3-4H2,1-2H3,(H,15,19). The van der Waals surface area contributed by atoms with E-state index >= 15 is 0 Å². The Kier molecular flexibility index (Phi) is 6.67. The summed E-state index contributed by atoms with van der Waals surface area (Å²) in [6.45, 7) is 1.31. The number of benzene rings is 1. The van der Waals surface area contributed by atoms with E-state index in [4.69, 9.17) is 0 Å². The Morgan fingerprint density at radius 1 is 1.12 bits per heavy atom. The molecule has 0 radical (unpaired) electrons. The summed E-state index contributed by atoms with van der Waals surface area (Å²) < 4.78 is 4.52. The highest BCUT2D eigenvalue weighted by Crippen LogP contribution is 2.22. The van der Waals surface area contributed by atoms with Crippen LogP contribution in [0.5, 0.6) is 0 Å². The van der Waals surface area contributed by atoms with Crippen LogP contribution in [0, 0.1) is 20.2 Å². The van der Waals surface area contributed by atoms with E-state index in [2.05, 4.69) is 10.1 Å². The van der Waals surface area contributed by atoms with Crippen LogP contribution in [0.2, 0.25) is 0 Å². The van der Waals surface area contributed by atoms with E-state index in [0.717, 1.165) is 19.2 Å². The Labute approximate surface area is 141 Å². The van der Waals surface area contributed by atoms with Crippen LogP contribution in [0.25, 0.3) is 0 Å². The molecular weight excluding hydrogens is 338 g/mol. The summed E-state index contributed by atoms with van der Waals surface area (Å²) in [7, 11) is 1.09. The van der Waals surface area contributed by atoms with Crippen molar-refractivity contribution in [3.8, 4) is 0 Å². The Bertz CT molecular complexity index is 699. The predicted octanol–water partition coefficient (Wildman–Crippen LogP) is 1.14. The van der Waals surface area contributed by atoms with Crippen LogP contribution in [0.3, 0.4) is 0 Å². The highest BCUT2D eigenvalue weighted by Gasteiger charge is 2.25. The Balaban J connectivity index is 3.10. The van der Waals surface area contributed by atoms with Gasteiger partial charge in [0.05, 0.1) is 28.6 Å². The molecule has 0 fully saturated rings. The SMILES string of the molecule is COC(=O)C(CCC(C)=O)NC(=O)c1cc([N+](=O)[O-])cc([N+](=O)[O-])c1. The Morgan fingerprint density at radius 3 is 2.04 bits per heavy atom. The molecule has 11 nitrogen and oxygen atoms in total. The van der Waals surface area contributed by atoms with Crippen molar-refractivity contribution in [3.63, 3.8) is 0 Å². The molecule has 1 rings (SSSR count). The van der Waals surface area contributed by atoms with Gasteiger partial charge in [-0.25, -0.2) is 4.79 Å². The predicted molar refractivity (Wildman–Crippen MR) is 82.9 cm³/mol. The van der Waals surface area contributed by atoms with Gasteiger partial charge in [0.2, 0.25) is 0 Å². The van der Waals surface area contributed by atoms with Crippen LogP contribution in [-0.2, 0) is 14.3 Å². The Hall–Kier alpha value is -3.37. The van der Waals surface area contributed by atoms with Gasteiger partial charge in [-0.1, -0.05) is 0 Å². The number of carbonyl (C=O) groups excluding carboxylic acids is 3. The first-order valence-corrected chi connectivity index (χ1v) is 6.97. The van der Waals surface area contributed by atoms with Crippen molar-refractivity contribution in [1.82, 2.24) is 5.32 Å². The third-order valence-electron chi connectivity index (χ3n) is 3.16. The molecule has 0 bridgehead atoms. The van der Waals surface area contributed by atoms with E-state index in [1.54, 1.807) is 0 Å². The first-order chi connectivity index (χ1) is 11.6. The van der Waals surface area contributed by atoms with Crippen molar-refractivity contribution in [2.24, 2.45) is 0 Å². The number of ketones is 1. The molecule has 0 aliphatic rings. The second-order valence-corrected chi connectivity index (χ2v) is 5.04. The molecule has 0 aliphatic heterocycles.